The summed E-state index contributed by atoms with van der Waals surface area (Å²) >= 11 is 0. The van der Waals surface area contributed by atoms with Crippen LogP contribution in [0.4, 0.5) is 11.4 Å². The van der Waals surface area contributed by atoms with Crippen molar-refractivity contribution in [3.63, 3.8) is 0 Å². The number of para-hydroxylation sites is 1. The van der Waals surface area contributed by atoms with Crippen molar-refractivity contribution in [1.82, 2.24) is 4.98 Å². The topological polar surface area (TPSA) is 79.4 Å². The molecule has 2 heterocycles. The Morgan fingerprint density at radius 1 is 0.733 bits per heavy atom. The summed E-state index contributed by atoms with van der Waals surface area (Å²) in [5.41, 5.74) is 2.81. The number of rotatable bonds is 3. The molecule has 144 valence electrons. The molecule has 0 radical (unpaired) electrons. The maximum Gasteiger partial charge on any atom is 0.274 e. The van der Waals surface area contributed by atoms with Crippen LogP contribution in [0.2, 0.25) is 0 Å². The van der Waals surface area contributed by atoms with Crippen molar-refractivity contribution >= 4 is 40.0 Å². The van der Waals surface area contributed by atoms with Crippen LogP contribution in [0.3, 0.4) is 0 Å². The van der Waals surface area contributed by atoms with Crippen LogP contribution in [0.25, 0.3) is 10.9 Å². The molecule has 5 rings (SSSR count). The number of carbonyl (C=O) groups is 3. The van der Waals surface area contributed by atoms with E-state index in [-0.39, 0.29) is 17.7 Å². The van der Waals surface area contributed by atoms with Crippen LogP contribution in [0.15, 0.2) is 84.9 Å². The first-order valence-electron chi connectivity index (χ1n) is 9.37. The minimum absolute atomic E-state index is 0.304. The van der Waals surface area contributed by atoms with Gasteiger partial charge in [0.25, 0.3) is 17.7 Å². The van der Waals surface area contributed by atoms with E-state index in [1.165, 1.54) is 0 Å². The van der Waals surface area contributed by atoms with Crippen molar-refractivity contribution in [3.8, 4) is 0 Å². The molecular weight excluding hydrogens is 378 g/mol. The Morgan fingerprint density at radius 3 is 2.07 bits per heavy atom. The number of anilines is 2. The number of carbonyl (C=O) groups excluding carboxylic acids is 3. The summed E-state index contributed by atoms with van der Waals surface area (Å²) in [6.07, 6.45) is 0. The van der Waals surface area contributed by atoms with E-state index in [1.54, 1.807) is 54.6 Å². The predicted molar refractivity (Wildman–Crippen MR) is 114 cm³/mol. The highest BCUT2D eigenvalue weighted by molar-refractivity contribution is 6.34. The molecule has 0 fully saturated rings. The largest absolute Gasteiger partial charge is 0.321 e. The fourth-order valence-electron chi connectivity index (χ4n) is 3.51. The lowest BCUT2D eigenvalue weighted by atomic mass is 10.1. The van der Waals surface area contributed by atoms with Gasteiger partial charge in [-0.15, -0.1) is 0 Å². The van der Waals surface area contributed by atoms with Gasteiger partial charge in [-0.2, -0.15) is 0 Å². The standard InChI is InChI=1S/C24H15N3O3/c28-22(21-14-9-15-5-1-4-8-20(15)26-21)25-16-10-12-17(13-11-16)27-23(29)18-6-2-3-7-19(18)24(27)30/h1-14H,(H,25,28). The molecule has 0 saturated heterocycles. The molecule has 30 heavy (non-hydrogen) atoms. The van der Waals surface area contributed by atoms with E-state index < -0.39 is 0 Å². The lowest BCUT2D eigenvalue weighted by Crippen LogP contribution is -2.29. The fourth-order valence-corrected chi connectivity index (χ4v) is 3.51. The maximum atomic E-state index is 12.6. The monoisotopic (exact) mass is 393 g/mol. The van der Waals surface area contributed by atoms with Crippen molar-refractivity contribution in [1.29, 1.82) is 0 Å². The van der Waals surface area contributed by atoms with Crippen LogP contribution in [0.5, 0.6) is 0 Å². The van der Waals surface area contributed by atoms with Gasteiger partial charge in [-0.25, -0.2) is 9.88 Å². The molecule has 6 heteroatoms. The Labute approximate surface area is 171 Å². The van der Waals surface area contributed by atoms with E-state index in [0.29, 0.717) is 28.2 Å². The van der Waals surface area contributed by atoms with E-state index in [0.717, 1.165) is 15.8 Å². The quantitative estimate of drug-likeness (QED) is 0.527. The van der Waals surface area contributed by atoms with Crippen molar-refractivity contribution in [2.75, 3.05) is 10.2 Å². The first-order chi connectivity index (χ1) is 14.6. The predicted octanol–water partition coefficient (Wildman–Crippen LogP) is 4.29. The summed E-state index contributed by atoms with van der Waals surface area (Å²) in [6, 6.07) is 24.4. The highest BCUT2D eigenvalue weighted by Gasteiger charge is 2.36. The second-order valence-corrected chi connectivity index (χ2v) is 6.88. The summed E-state index contributed by atoms with van der Waals surface area (Å²) in [5, 5.41) is 3.75. The molecule has 4 aromatic rings. The van der Waals surface area contributed by atoms with Crippen LogP contribution < -0.4 is 10.2 Å². The lowest BCUT2D eigenvalue weighted by molar-refractivity contribution is 0.0924. The summed E-state index contributed by atoms with van der Waals surface area (Å²) in [4.78, 5) is 43.3. The van der Waals surface area contributed by atoms with Crippen molar-refractivity contribution in [2.24, 2.45) is 0 Å². The number of imide groups is 1. The first kappa shape index (κ1) is 17.8. The lowest BCUT2D eigenvalue weighted by Gasteiger charge is -2.14. The number of hydrogen-bond acceptors (Lipinski definition) is 4. The van der Waals surface area contributed by atoms with E-state index >= 15 is 0 Å². The summed E-state index contributed by atoms with van der Waals surface area (Å²) in [5.74, 6) is -1.05. The molecule has 0 unspecified atom stereocenters. The van der Waals surface area contributed by atoms with Crippen molar-refractivity contribution in [3.05, 3.63) is 102 Å². The normalized spacial score (nSPS) is 12.9. The Kier molecular flexibility index (Phi) is 4.10. The highest BCUT2D eigenvalue weighted by atomic mass is 16.2. The number of nitrogens with one attached hydrogen (secondary N) is 1. The Bertz CT molecular complexity index is 1290. The van der Waals surface area contributed by atoms with Gasteiger partial charge in [-0.1, -0.05) is 36.4 Å². The number of pyridine rings is 1. The van der Waals surface area contributed by atoms with Gasteiger partial charge in [0.15, 0.2) is 0 Å². The molecule has 1 N–H and O–H groups in total. The van der Waals surface area contributed by atoms with Crippen LogP contribution >= 0.6 is 0 Å². The SMILES string of the molecule is O=C(Nc1ccc(N2C(=O)c3ccccc3C2=O)cc1)c1ccc2ccccc2n1. The molecule has 0 spiro atoms. The minimum atomic E-state index is -0.354. The Balaban J connectivity index is 1.36. The molecule has 3 aromatic carbocycles. The first-order valence-corrected chi connectivity index (χ1v) is 9.37. The molecule has 0 atom stereocenters. The Hall–Kier alpha value is -4.32. The molecule has 0 bridgehead atoms. The summed E-state index contributed by atoms with van der Waals surface area (Å²) < 4.78 is 0. The van der Waals surface area contributed by atoms with Gasteiger partial charge in [0.1, 0.15) is 5.69 Å². The van der Waals surface area contributed by atoms with Gasteiger partial charge in [0.05, 0.1) is 22.3 Å². The third kappa shape index (κ3) is 2.91. The number of benzene rings is 3. The van der Waals surface area contributed by atoms with Gasteiger partial charge in [-0.05, 0) is 48.5 Å². The smallest absolute Gasteiger partial charge is 0.274 e. The summed E-state index contributed by atoms with van der Waals surface area (Å²) in [6.45, 7) is 0. The Morgan fingerprint density at radius 2 is 1.37 bits per heavy atom. The number of aromatic nitrogens is 1. The van der Waals surface area contributed by atoms with Crippen LogP contribution in [0, 0.1) is 0 Å². The summed E-state index contributed by atoms with van der Waals surface area (Å²) in [7, 11) is 0. The average molecular weight is 393 g/mol. The van der Waals surface area contributed by atoms with Crippen LogP contribution in [-0.2, 0) is 0 Å². The zero-order valence-electron chi connectivity index (χ0n) is 15.7. The van der Waals surface area contributed by atoms with Crippen molar-refractivity contribution < 1.29 is 14.4 Å². The van der Waals surface area contributed by atoms with Gasteiger partial charge in [0, 0.05) is 11.1 Å². The van der Waals surface area contributed by atoms with E-state index in [4.69, 9.17) is 0 Å². The third-order valence-corrected chi connectivity index (χ3v) is 5.01. The van der Waals surface area contributed by atoms with Gasteiger partial charge >= 0.3 is 0 Å². The van der Waals surface area contributed by atoms with Gasteiger partial charge < -0.3 is 5.32 Å². The van der Waals surface area contributed by atoms with E-state index in [2.05, 4.69) is 10.3 Å². The van der Waals surface area contributed by atoms with Gasteiger partial charge in [0.2, 0.25) is 0 Å². The van der Waals surface area contributed by atoms with Crippen molar-refractivity contribution in [2.45, 2.75) is 0 Å². The zero-order valence-corrected chi connectivity index (χ0v) is 15.7. The second-order valence-electron chi connectivity index (χ2n) is 6.88. The number of fused-ring (bicyclic) bond motifs is 2. The zero-order chi connectivity index (χ0) is 20.7. The number of amides is 3. The maximum absolute atomic E-state index is 12.6. The average Bonchev–Trinajstić information content (AvgIpc) is 3.04. The fraction of sp³-hybridized carbons (Fsp3) is 0. The molecule has 1 aliphatic heterocycles. The van der Waals surface area contributed by atoms with E-state index in [9.17, 15) is 14.4 Å². The molecule has 1 aromatic heterocycles. The molecule has 0 aliphatic carbocycles. The molecule has 1 aliphatic rings. The van der Waals surface area contributed by atoms with Crippen LogP contribution in [0.1, 0.15) is 31.2 Å². The number of hydrogen-bond donors (Lipinski definition) is 1. The van der Waals surface area contributed by atoms with E-state index in [1.807, 2.05) is 30.3 Å². The van der Waals surface area contributed by atoms with Gasteiger partial charge in [-0.3, -0.25) is 14.4 Å². The molecular formula is C24H15N3O3. The molecule has 0 saturated carbocycles. The van der Waals surface area contributed by atoms with Crippen LogP contribution in [-0.4, -0.2) is 22.7 Å². The molecule has 6 nitrogen and oxygen atoms in total. The third-order valence-electron chi connectivity index (χ3n) is 5.01. The minimum Gasteiger partial charge on any atom is -0.321 e. The second kappa shape index (κ2) is 6.93. The number of nitrogens with zero attached hydrogens (tertiary/aromatic N) is 2. The molecule has 3 amide bonds. The highest BCUT2D eigenvalue weighted by Crippen LogP contribution is 2.29.